The van der Waals surface area contributed by atoms with E-state index in [-0.39, 0.29) is 24.6 Å². The van der Waals surface area contributed by atoms with Crippen molar-refractivity contribution in [2.45, 2.75) is 30.4 Å². The Morgan fingerprint density at radius 3 is 2.95 bits per heavy atom. The minimum Gasteiger partial charge on any atom is -0.445 e. The first-order valence-corrected chi connectivity index (χ1v) is 8.21. The average Bonchev–Trinajstić information content (AvgIpc) is 3.00. The van der Waals surface area contributed by atoms with E-state index in [1.165, 1.54) is 0 Å². The van der Waals surface area contributed by atoms with Gasteiger partial charge in [0.25, 0.3) is 0 Å². The zero-order valence-electron chi connectivity index (χ0n) is 11.9. The first-order chi connectivity index (χ1) is 10.2. The van der Waals surface area contributed by atoms with Crippen molar-refractivity contribution < 1.29 is 14.3 Å². The van der Waals surface area contributed by atoms with Crippen LogP contribution >= 0.6 is 11.8 Å². The highest BCUT2D eigenvalue weighted by molar-refractivity contribution is 8.00. The molecular weight excluding hydrogens is 288 g/mol. The SMILES string of the molecule is CSC12CC(=O)N[C@H]1CCN2C(=O)OCc1ccccc1. The van der Waals surface area contributed by atoms with E-state index in [1.54, 1.807) is 16.7 Å². The van der Waals surface area contributed by atoms with Crippen molar-refractivity contribution in [2.75, 3.05) is 12.8 Å². The summed E-state index contributed by atoms with van der Waals surface area (Å²) in [6.07, 6.45) is 2.73. The molecule has 0 saturated carbocycles. The first kappa shape index (κ1) is 14.3. The number of carbonyl (C=O) groups is 2. The minimum atomic E-state index is -0.481. The lowest BCUT2D eigenvalue weighted by Gasteiger charge is -2.34. The molecular formula is C15H18N2O3S. The molecule has 1 unspecified atom stereocenters. The van der Waals surface area contributed by atoms with Crippen LogP contribution in [0.25, 0.3) is 0 Å². The third kappa shape index (κ3) is 2.48. The summed E-state index contributed by atoms with van der Waals surface area (Å²) < 4.78 is 5.42. The third-order valence-electron chi connectivity index (χ3n) is 4.17. The summed E-state index contributed by atoms with van der Waals surface area (Å²) in [5, 5.41) is 2.96. The van der Waals surface area contributed by atoms with Gasteiger partial charge in [0.05, 0.1) is 12.5 Å². The number of amides is 2. The fourth-order valence-corrected chi connectivity index (χ4v) is 4.23. The highest BCUT2D eigenvalue weighted by Crippen LogP contribution is 2.44. The van der Waals surface area contributed by atoms with E-state index < -0.39 is 4.87 Å². The molecule has 1 N–H and O–H groups in total. The number of fused-ring (bicyclic) bond motifs is 1. The number of nitrogens with one attached hydrogen (secondary N) is 1. The minimum absolute atomic E-state index is 0.00918. The zero-order valence-corrected chi connectivity index (χ0v) is 12.7. The van der Waals surface area contributed by atoms with Gasteiger partial charge in [0.1, 0.15) is 11.5 Å². The van der Waals surface area contributed by atoms with Gasteiger partial charge < -0.3 is 10.1 Å². The summed E-state index contributed by atoms with van der Waals surface area (Å²) in [5.74, 6) is 0.00918. The number of nitrogens with zero attached hydrogens (tertiary/aromatic N) is 1. The number of hydrogen-bond donors (Lipinski definition) is 1. The van der Waals surface area contributed by atoms with E-state index in [9.17, 15) is 9.59 Å². The van der Waals surface area contributed by atoms with Gasteiger partial charge in [0.2, 0.25) is 5.91 Å². The molecule has 2 saturated heterocycles. The maximum Gasteiger partial charge on any atom is 0.411 e. The quantitative estimate of drug-likeness (QED) is 0.927. The van der Waals surface area contributed by atoms with Crippen LogP contribution in [0.5, 0.6) is 0 Å². The Balaban J connectivity index is 1.68. The molecule has 0 aromatic heterocycles. The lowest BCUT2D eigenvalue weighted by atomic mass is 10.1. The van der Waals surface area contributed by atoms with Crippen LogP contribution in [0.1, 0.15) is 18.4 Å². The smallest absolute Gasteiger partial charge is 0.411 e. The van der Waals surface area contributed by atoms with Crippen molar-refractivity contribution in [1.82, 2.24) is 10.2 Å². The van der Waals surface area contributed by atoms with Crippen LogP contribution in [0.15, 0.2) is 30.3 Å². The van der Waals surface area contributed by atoms with Crippen LogP contribution < -0.4 is 5.32 Å². The molecule has 0 spiro atoms. The van der Waals surface area contributed by atoms with Gasteiger partial charge in [-0.1, -0.05) is 30.3 Å². The molecule has 2 amide bonds. The molecule has 1 aromatic carbocycles. The van der Waals surface area contributed by atoms with Gasteiger partial charge in [-0.25, -0.2) is 4.79 Å². The van der Waals surface area contributed by atoms with E-state index in [4.69, 9.17) is 4.74 Å². The molecule has 112 valence electrons. The molecule has 0 aliphatic carbocycles. The average molecular weight is 306 g/mol. The maximum absolute atomic E-state index is 12.4. The summed E-state index contributed by atoms with van der Waals surface area (Å²) in [4.78, 5) is 25.3. The number of likely N-dealkylation sites (tertiary alicyclic amines) is 1. The maximum atomic E-state index is 12.4. The largest absolute Gasteiger partial charge is 0.445 e. The second-order valence-corrected chi connectivity index (χ2v) is 6.44. The number of hydrogen-bond acceptors (Lipinski definition) is 4. The summed E-state index contributed by atoms with van der Waals surface area (Å²) in [6.45, 7) is 0.881. The molecule has 2 aliphatic rings. The highest BCUT2D eigenvalue weighted by atomic mass is 32.2. The van der Waals surface area contributed by atoms with Gasteiger partial charge in [-0.3, -0.25) is 9.69 Å². The van der Waals surface area contributed by atoms with E-state index in [0.29, 0.717) is 13.0 Å². The number of ether oxygens (including phenoxy) is 1. The van der Waals surface area contributed by atoms with Crippen LogP contribution in [-0.4, -0.2) is 40.6 Å². The molecule has 1 aromatic rings. The summed E-state index contributed by atoms with van der Waals surface area (Å²) >= 11 is 1.55. The number of benzene rings is 1. The third-order valence-corrected chi connectivity index (χ3v) is 5.53. The van der Waals surface area contributed by atoms with Crippen LogP contribution in [-0.2, 0) is 16.1 Å². The number of rotatable bonds is 3. The Morgan fingerprint density at radius 2 is 2.24 bits per heavy atom. The van der Waals surface area contributed by atoms with E-state index in [2.05, 4.69) is 5.32 Å². The molecule has 2 heterocycles. The Bertz CT molecular complexity index is 551. The topological polar surface area (TPSA) is 58.6 Å². The molecule has 2 atom stereocenters. The second kappa shape index (κ2) is 5.60. The van der Waals surface area contributed by atoms with Gasteiger partial charge >= 0.3 is 6.09 Å². The summed E-state index contributed by atoms with van der Waals surface area (Å²) in [7, 11) is 0. The van der Waals surface area contributed by atoms with Crippen molar-refractivity contribution in [3.63, 3.8) is 0 Å². The van der Waals surface area contributed by atoms with Gasteiger partial charge in [0, 0.05) is 6.54 Å². The monoisotopic (exact) mass is 306 g/mol. The summed E-state index contributed by atoms with van der Waals surface area (Å²) in [5.41, 5.74) is 0.959. The van der Waals surface area contributed by atoms with Crippen molar-refractivity contribution in [3.05, 3.63) is 35.9 Å². The Labute approximate surface area is 128 Å². The summed E-state index contributed by atoms with van der Waals surface area (Å²) in [6, 6.07) is 9.63. The molecule has 3 rings (SSSR count). The number of carbonyl (C=O) groups excluding carboxylic acids is 2. The van der Waals surface area contributed by atoms with Gasteiger partial charge in [-0.05, 0) is 18.2 Å². The molecule has 5 nitrogen and oxygen atoms in total. The molecule has 21 heavy (non-hydrogen) atoms. The van der Waals surface area contributed by atoms with Crippen molar-refractivity contribution in [3.8, 4) is 0 Å². The molecule has 2 fully saturated rings. The number of thioether (sulfide) groups is 1. The normalized spacial score (nSPS) is 27.4. The fourth-order valence-electron chi connectivity index (χ4n) is 3.11. The predicted molar refractivity (Wildman–Crippen MR) is 80.7 cm³/mol. The molecule has 2 aliphatic heterocycles. The second-order valence-electron chi connectivity index (χ2n) is 5.33. The Hall–Kier alpha value is -1.69. The van der Waals surface area contributed by atoms with Crippen molar-refractivity contribution in [1.29, 1.82) is 0 Å². The van der Waals surface area contributed by atoms with Crippen LogP contribution in [0, 0.1) is 0 Å². The lowest BCUT2D eigenvalue weighted by molar-refractivity contribution is -0.119. The standard InChI is InChI=1S/C15H18N2O3S/c1-21-15-9-13(18)16-12(15)7-8-17(15)14(19)20-10-11-5-3-2-4-6-11/h2-6,12H,7-10H2,1H3,(H,16,18)/t12-,15?/m0/s1. The Kier molecular flexibility index (Phi) is 3.80. The van der Waals surface area contributed by atoms with Crippen LogP contribution in [0.2, 0.25) is 0 Å². The lowest BCUT2D eigenvalue weighted by Crippen LogP contribution is -2.49. The highest BCUT2D eigenvalue weighted by Gasteiger charge is 2.56. The fraction of sp³-hybridized carbons (Fsp3) is 0.467. The van der Waals surface area contributed by atoms with E-state index in [1.807, 2.05) is 36.6 Å². The molecule has 0 radical (unpaired) electrons. The Morgan fingerprint density at radius 1 is 1.48 bits per heavy atom. The predicted octanol–water partition coefficient (Wildman–Crippen LogP) is 1.98. The van der Waals surface area contributed by atoms with E-state index >= 15 is 0 Å². The van der Waals surface area contributed by atoms with E-state index in [0.717, 1.165) is 12.0 Å². The van der Waals surface area contributed by atoms with Crippen LogP contribution in [0.4, 0.5) is 4.79 Å². The van der Waals surface area contributed by atoms with Crippen molar-refractivity contribution in [2.24, 2.45) is 0 Å². The van der Waals surface area contributed by atoms with Crippen molar-refractivity contribution >= 4 is 23.8 Å². The first-order valence-electron chi connectivity index (χ1n) is 6.98. The molecule has 6 heteroatoms. The van der Waals surface area contributed by atoms with Gasteiger partial charge in [-0.15, -0.1) is 11.8 Å². The molecule has 0 bridgehead atoms. The van der Waals surface area contributed by atoms with Gasteiger partial charge in [-0.2, -0.15) is 0 Å². The zero-order chi connectivity index (χ0) is 14.9. The van der Waals surface area contributed by atoms with Crippen LogP contribution in [0.3, 0.4) is 0 Å². The van der Waals surface area contributed by atoms with Gasteiger partial charge in [0.15, 0.2) is 0 Å².